The second-order valence-electron chi connectivity index (χ2n) is 24.3. The van der Waals surface area contributed by atoms with Crippen LogP contribution in [0.4, 0.5) is 0 Å². The number of hydrogen-bond acceptors (Lipinski definition) is 23. The van der Waals surface area contributed by atoms with Crippen molar-refractivity contribution in [1.29, 1.82) is 0 Å². The molecule has 3 aromatic rings. The zero-order valence-electron chi connectivity index (χ0n) is 44.5. The normalized spacial score (nSPS) is 38.4. The van der Waals surface area contributed by atoms with E-state index in [4.69, 9.17) is 23.7 Å². The minimum absolute atomic E-state index is 0.0936. The van der Waals surface area contributed by atoms with Crippen LogP contribution in [-0.2, 0) is 28.5 Å². The number of ether oxygens (including phenoxy) is 5. The van der Waals surface area contributed by atoms with Gasteiger partial charge >= 0.3 is 23.9 Å². The molecule has 5 aliphatic carbocycles. The van der Waals surface area contributed by atoms with Gasteiger partial charge < -0.3 is 95.2 Å². The summed E-state index contributed by atoms with van der Waals surface area (Å²) in [6, 6.07) is 2.95. The molecule has 0 aromatic heterocycles. The Hall–Kier alpha value is -6.76. The number of cyclic esters (lactones) is 1. The molecule has 2 heterocycles. The van der Waals surface area contributed by atoms with Crippen molar-refractivity contribution < 1.29 is 114 Å². The standard InChI is InChI=1S/C57H68O23/c1-22-8-11-56(52(75)80-51-46(71)45(70)42(67)33(19-58)78-51)13-12-54(4)27(38(56)23(22)2)6-7-34-53(3)18-32(63)47-57(35(53)9-10-55(34,54)5,20-76-48(72)24-14-28(59)39(64)29(60)15-24)21-77-49(73)25-16-30(61)40(65)43(68)36(25)37-26(50(74)79-47)17-31(62)41(66)44(37)69/h6,14-17,22-23,32-35,38,42,45-47,51,58-71H,7-13,18-21H2,1-5H3. The molecule has 0 amide bonds. The molecule has 23 nitrogen and oxygen atoms in total. The first-order valence-electron chi connectivity index (χ1n) is 26.8. The maximum Gasteiger partial charge on any atom is 0.339 e. The van der Waals surface area contributed by atoms with E-state index in [0.29, 0.717) is 50.7 Å². The Kier molecular flexibility index (Phi) is 13.8. The largest absolute Gasteiger partial charge is 0.504 e. The van der Waals surface area contributed by atoms with Crippen LogP contribution in [0.25, 0.3) is 11.1 Å². The molecule has 1 saturated heterocycles. The van der Waals surface area contributed by atoms with E-state index < -0.39 is 205 Å². The second kappa shape index (κ2) is 19.5. The number of benzene rings is 3. The maximum atomic E-state index is 14.9. The van der Waals surface area contributed by atoms with E-state index in [9.17, 15) is 90.7 Å². The van der Waals surface area contributed by atoms with Crippen LogP contribution in [-0.4, -0.2) is 158 Å². The number of phenolic OH excluding ortho intramolecular Hbond substituents is 9. The Morgan fingerprint density at radius 2 is 1.30 bits per heavy atom. The summed E-state index contributed by atoms with van der Waals surface area (Å²) in [5.74, 6) is -16.1. The lowest BCUT2D eigenvalue weighted by Gasteiger charge is -2.72. The van der Waals surface area contributed by atoms with Crippen LogP contribution in [0.2, 0.25) is 0 Å². The molecule has 0 bridgehead atoms. The molecule has 23 heteroatoms. The molecule has 0 radical (unpaired) electrons. The number of esters is 4. The van der Waals surface area contributed by atoms with Gasteiger partial charge in [0, 0.05) is 11.1 Å². The van der Waals surface area contributed by atoms with Crippen LogP contribution in [0.5, 0.6) is 51.7 Å². The van der Waals surface area contributed by atoms with Crippen LogP contribution < -0.4 is 0 Å². The van der Waals surface area contributed by atoms with Crippen molar-refractivity contribution in [2.45, 2.75) is 129 Å². The molecule has 80 heavy (non-hydrogen) atoms. The first-order chi connectivity index (χ1) is 37.5. The first-order valence-corrected chi connectivity index (χ1v) is 26.8. The second-order valence-corrected chi connectivity index (χ2v) is 24.3. The molecule has 434 valence electrons. The van der Waals surface area contributed by atoms with Gasteiger partial charge in [0.25, 0.3) is 0 Å². The Bertz CT molecular complexity index is 3080. The van der Waals surface area contributed by atoms with Gasteiger partial charge in [-0.05, 0) is 121 Å². The lowest BCUT2D eigenvalue weighted by atomic mass is 9.33. The fourth-order valence-corrected chi connectivity index (χ4v) is 16.1. The van der Waals surface area contributed by atoms with Crippen molar-refractivity contribution >= 4 is 23.9 Å². The smallest absolute Gasteiger partial charge is 0.339 e. The lowest BCUT2D eigenvalue weighted by Crippen LogP contribution is -2.70. The van der Waals surface area contributed by atoms with Crippen LogP contribution in [0.1, 0.15) is 117 Å². The predicted molar refractivity (Wildman–Crippen MR) is 272 cm³/mol. The van der Waals surface area contributed by atoms with E-state index in [-0.39, 0.29) is 30.6 Å². The Morgan fingerprint density at radius 3 is 1.91 bits per heavy atom. The van der Waals surface area contributed by atoms with E-state index in [1.165, 1.54) is 0 Å². The summed E-state index contributed by atoms with van der Waals surface area (Å²) >= 11 is 0. The molecule has 5 fully saturated rings. The molecule has 0 spiro atoms. The SMILES string of the molecule is CC1CCC2(C(=O)OC3OC(CO)C(O)C(O)C3O)CCC3(C)C(=CCC4C5(C)CC(O)C6OC(=O)c7cc(O)c(O)c(O)c7-c7c(cc(O)c(O)c7O)C(=O)OCC6(COC(=O)c6cc(O)c(O)c(O)c6)C5CCC43C)C2C1C. The van der Waals surface area contributed by atoms with Gasteiger partial charge in [0.15, 0.2) is 40.2 Å². The number of carbonyl (C=O) groups excluding carboxylic acids is 4. The van der Waals surface area contributed by atoms with Gasteiger partial charge in [-0.15, -0.1) is 0 Å². The van der Waals surface area contributed by atoms with E-state index in [1.54, 1.807) is 0 Å². The van der Waals surface area contributed by atoms with Crippen LogP contribution in [0, 0.1) is 56.7 Å². The maximum absolute atomic E-state index is 14.9. The van der Waals surface area contributed by atoms with Gasteiger partial charge in [-0.3, -0.25) is 4.79 Å². The number of rotatable bonds is 6. The fourth-order valence-electron chi connectivity index (χ4n) is 16.1. The van der Waals surface area contributed by atoms with E-state index in [2.05, 4.69) is 33.8 Å². The zero-order chi connectivity index (χ0) is 58.2. The summed E-state index contributed by atoms with van der Waals surface area (Å²) in [4.78, 5) is 58.7. The quantitative estimate of drug-likeness (QED) is 0.0712. The topological polar surface area (TPSA) is 398 Å². The summed E-state index contributed by atoms with van der Waals surface area (Å²) in [5, 5.41) is 152. The average Bonchev–Trinajstić information content (AvgIpc) is 2.23. The number of aliphatic hydroxyl groups is 5. The number of hydrogen-bond donors (Lipinski definition) is 14. The Morgan fingerprint density at radius 1 is 0.700 bits per heavy atom. The van der Waals surface area contributed by atoms with Gasteiger partial charge in [0.05, 0.1) is 40.2 Å². The molecule has 10 rings (SSSR count). The van der Waals surface area contributed by atoms with Gasteiger partial charge in [0.2, 0.25) is 17.8 Å². The monoisotopic (exact) mass is 1120 g/mol. The van der Waals surface area contributed by atoms with Crippen molar-refractivity contribution in [2.75, 3.05) is 19.8 Å². The third-order valence-electron chi connectivity index (χ3n) is 20.7. The van der Waals surface area contributed by atoms with Crippen LogP contribution >= 0.6 is 0 Å². The third kappa shape index (κ3) is 8.03. The zero-order valence-corrected chi connectivity index (χ0v) is 44.5. The minimum atomic E-state index is -1.98. The number of phenols is 9. The first kappa shape index (κ1) is 56.5. The molecule has 14 N–H and O–H groups in total. The number of fused-ring (bicyclic) bond motifs is 12. The summed E-state index contributed by atoms with van der Waals surface area (Å²) in [7, 11) is 0. The van der Waals surface area contributed by atoms with E-state index in [1.807, 2.05) is 6.92 Å². The molecular weight excluding hydrogens is 1050 g/mol. The molecule has 4 saturated carbocycles. The molecule has 17 atom stereocenters. The van der Waals surface area contributed by atoms with Crippen molar-refractivity contribution in [3.63, 3.8) is 0 Å². The highest BCUT2D eigenvalue weighted by molar-refractivity contribution is 6.08. The van der Waals surface area contributed by atoms with Gasteiger partial charge in [0.1, 0.15) is 43.7 Å². The highest BCUT2D eigenvalue weighted by atomic mass is 16.7. The van der Waals surface area contributed by atoms with E-state index >= 15 is 0 Å². The highest BCUT2D eigenvalue weighted by Crippen LogP contribution is 2.76. The summed E-state index contributed by atoms with van der Waals surface area (Å²) in [5.41, 5.74) is -8.29. The summed E-state index contributed by atoms with van der Waals surface area (Å²) in [6.45, 7) is 8.06. The van der Waals surface area contributed by atoms with Gasteiger partial charge in [-0.25, -0.2) is 14.4 Å². The Balaban J connectivity index is 1.09. The summed E-state index contributed by atoms with van der Waals surface area (Å²) in [6.07, 6.45) is -7.01. The van der Waals surface area contributed by atoms with Gasteiger partial charge in [-0.1, -0.05) is 46.3 Å². The number of aromatic hydroxyl groups is 9. The lowest BCUT2D eigenvalue weighted by molar-refractivity contribution is -0.298. The minimum Gasteiger partial charge on any atom is -0.504 e. The Labute approximate surface area is 457 Å². The molecule has 3 aromatic carbocycles. The highest BCUT2D eigenvalue weighted by Gasteiger charge is 2.73. The predicted octanol–water partition coefficient (Wildman–Crippen LogP) is 4.19. The van der Waals surface area contributed by atoms with Crippen LogP contribution in [0.3, 0.4) is 0 Å². The average molecular weight is 1120 g/mol. The van der Waals surface area contributed by atoms with Crippen molar-refractivity contribution in [3.05, 3.63) is 52.6 Å². The van der Waals surface area contributed by atoms with Gasteiger partial charge in [-0.2, -0.15) is 0 Å². The summed E-state index contributed by atoms with van der Waals surface area (Å²) < 4.78 is 30.1. The van der Waals surface area contributed by atoms with Crippen molar-refractivity contribution in [3.8, 4) is 62.9 Å². The fraction of sp³-hybridized carbons (Fsp3) is 0.579. The van der Waals surface area contributed by atoms with Crippen molar-refractivity contribution in [1.82, 2.24) is 0 Å². The van der Waals surface area contributed by atoms with Crippen molar-refractivity contribution in [2.24, 2.45) is 56.7 Å². The number of carbonyl (C=O) groups is 4. The molecule has 2 aliphatic heterocycles. The number of aliphatic hydroxyl groups excluding tert-OH is 5. The molecular formula is C57H68O23. The third-order valence-corrected chi connectivity index (χ3v) is 20.7. The molecule has 17 unspecified atom stereocenters. The molecule has 7 aliphatic rings. The number of allylic oxidation sites excluding steroid dienone is 2. The van der Waals surface area contributed by atoms with Crippen LogP contribution in [0.15, 0.2) is 35.9 Å². The van der Waals surface area contributed by atoms with E-state index in [0.717, 1.165) is 17.7 Å².